The monoisotopic (exact) mass is 286 g/mol. The Morgan fingerprint density at radius 3 is 1.85 bits per heavy atom. The van der Waals surface area contributed by atoms with Crippen molar-refractivity contribution in [2.75, 3.05) is 32.7 Å². The van der Waals surface area contributed by atoms with Crippen molar-refractivity contribution in [1.29, 1.82) is 0 Å². The summed E-state index contributed by atoms with van der Waals surface area (Å²) in [6.45, 7) is 13.2. The first-order valence-electron chi connectivity index (χ1n) is 8.74. The fourth-order valence-corrected chi connectivity index (χ4v) is 3.29. The van der Waals surface area contributed by atoms with Crippen LogP contribution in [0.25, 0.3) is 0 Å². The Morgan fingerprint density at radius 1 is 0.900 bits per heavy atom. The number of halogens is 1. The van der Waals surface area contributed by atoms with Gasteiger partial charge in [-0.25, -0.2) is 4.39 Å². The summed E-state index contributed by atoms with van der Waals surface area (Å²) in [5.41, 5.74) is -0.921. The largest absolute Gasteiger partial charge is 0.301 e. The maximum Gasteiger partial charge on any atom is 0.126 e. The van der Waals surface area contributed by atoms with Gasteiger partial charge in [-0.05, 0) is 52.6 Å². The van der Waals surface area contributed by atoms with Gasteiger partial charge in [0.05, 0.1) is 0 Å². The molecule has 20 heavy (non-hydrogen) atoms. The zero-order valence-corrected chi connectivity index (χ0v) is 14.1. The van der Waals surface area contributed by atoms with E-state index < -0.39 is 5.67 Å². The van der Waals surface area contributed by atoms with Crippen molar-refractivity contribution < 1.29 is 4.39 Å². The van der Waals surface area contributed by atoms with E-state index in [1.54, 1.807) is 0 Å². The molecule has 0 spiro atoms. The van der Waals surface area contributed by atoms with Crippen molar-refractivity contribution in [3.63, 3.8) is 0 Å². The van der Waals surface area contributed by atoms with Crippen LogP contribution in [0.15, 0.2) is 0 Å². The molecule has 120 valence electrons. The first kappa shape index (κ1) is 17.9. The van der Waals surface area contributed by atoms with Crippen LogP contribution in [0, 0.1) is 0 Å². The highest BCUT2D eigenvalue weighted by atomic mass is 19.1. The number of hydrogen-bond acceptors (Lipinski definition) is 2. The van der Waals surface area contributed by atoms with Gasteiger partial charge in [0.25, 0.3) is 0 Å². The molecule has 0 bridgehead atoms. The third kappa shape index (κ3) is 5.69. The Balaban J connectivity index is 0.000000956. The fourth-order valence-electron chi connectivity index (χ4n) is 3.29. The SMILES string of the molecule is CC.CC(C)N1CCC(F)(CN2CCCCCC2)CC1. The number of nitrogens with zero attached hydrogens (tertiary/aromatic N) is 2. The molecule has 0 atom stereocenters. The quantitative estimate of drug-likeness (QED) is 0.770. The molecule has 0 unspecified atom stereocenters. The lowest BCUT2D eigenvalue weighted by Gasteiger charge is -2.40. The van der Waals surface area contributed by atoms with Gasteiger partial charge >= 0.3 is 0 Å². The van der Waals surface area contributed by atoms with Crippen molar-refractivity contribution >= 4 is 0 Å². The average Bonchev–Trinajstić information content (AvgIpc) is 2.69. The Hall–Kier alpha value is -0.150. The summed E-state index contributed by atoms with van der Waals surface area (Å²) in [7, 11) is 0. The number of alkyl halides is 1. The zero-order chi connectivity index (χ0) is 15.0. The molecule has 0 radical (unpaired) electrons. The molecule has 0 aromatic carbocycles. The Bertz CT molecular complexity index is 239. The molecular formula is C17H35FN2. The topological polar surface area (TPSA) is 6.48 Å². The molecule has 3 heteroatoms. The van der Waals surface area contributed by atoms with Crippen LogP contribution < -0.4 is 0 Å². The number of likely N-dealkylation sites (tertiary alicyclic amines) is 2. The van der Waals surface area contributed by atoms with E-state index in [4.69, 9.17) is 0 Å². The summed E-state index contributed by atoms with van der Waals surface area (Å²) in [5.74, 6) is 0. The second-order valence-electron chi connectivity index (χ2n) is 6.47. The first-order chi connectivity index (χ1) is 9.59. The molecule has 0 aromatic heterocycles. The summed E-state index contributed by atoms with van der Waals surface area (Å²) in [6.07, 6.45) is 6.62. The van der Waals surface area contributed by atoms with Gasteiger partial charge in [-0.15, -0.1) is 0 Å². The van der Waals surface area contributed by atoms with Crippen molar-refractivity contribution in [3.8, 4) is 0 Å². The minimum atomic E-state index is -0.921. The predicted molar refractivity (Wildman–Crippen MR) is 86.0 cm³/mol. The molecule has 2 aliphatic rings. The molecule has 2 heterocycles. The number of hydrogen-bond donors (Lipinski definition) is 0. The third-order valence-electron chi connectivity index (χ3n) is 4.63. The van der Waals surface area contributed by atoms with Crippen LogP contribution in [0.3, 0.4) is 0 Å². The van der Waals surface area contributed by atoms with Gasteiger partial charge in [-0.3, -0.25) is 0 Å². The first-order valence-corrected chi connectivity index (χ1v) is 8.74. The standard InChI is InChI=1S/C15H29FN2.C2H6/c1-14(2)18-11-7-15(16,8-12-18)13-17-9-5-3-4-6-10-17;1-2/h14H,3-13H2,1-2H3;1-2H3. The van der Waals surface area contributed by atoms with E-state index in [2.05, 4.69) is 23.6 Å². The Morgan fingerprint density at radius 2 is 1.40 bits per heavy atom. The van der Waals surface area contributed by atoms with Crippen LogP contribution >= 0.6 is 0 Å². The molecular weight excluding hydrogens is 251 g/mol. The van der Waals surface area contributed by atoms with E-state index in [0.29, 0.717) is 12.6 Å². The smallest absolute Gasteiger partial charge is 0.126 e. The summed E-state index contributed by atoms with van der Waals surface area (Å²) in [4.78, 5) is 4.78. The van der Waals surface area contributed by atoms with E-state index >= 15 is 0 Å². The van der Waals surface area contributed by atoms with Crippen LogP contribution in [0.2, 0.25) is 0 Å². The highest BCUT2D eigenvalue weighted by Crippen LogP contribution is 2.29. The minimum Gasteiger partial charge on any atom is -0.301 e. The highest BCUT2D eigenvalue weighted by Gasteiger charge is 2.36. The second-order valence-corrected chi connectivity index (χ2v) is 6.47. The van der Waals surface area contributed by atoms with Gasteiger partial charge in [0.1, 0.15) is 5.67 Å². The predicted octanol–water partition coefficient (Wildman–Crippen LogP) is 4.10. The number of piperidine rings is 1. The molecule has 0 amide bonds. The van der Waals surface area contributed by atoms with Crippen LogP contribution in [0.4, 0.5) is 4.39 Å². The summed E-state index contributed by atoms with van der Waals surface area (Å²) >= 11 is 0. The molecule has 2 nitrogen and oxygen atoms in total. The maximum atomic E-state index is 14.9. The molecule has 2 fully saturated rings. The normalized spacial score (nSPS) is 24.9. The second kappa shape index (κ2) is 8.99. The fraction of sp³-hybridized carbons (Fsp3) is 1.00. The van der Waals surface area contributed by atoms with Crippen LogP contribution in [-0.2, 0) is 0 Å². The van der Waals surface area contributed by atoms with Gasteiger partial charge in [-0.1, -0.05) is 26.7 Å². The third-order valence-corrected chi connectivity index (χ3v) is 4.63. The van der Waals surface area contributed by atoms with Gasteiger partial charge in [0.15, 0.2) is 0 Å². The van der Waals surface area contributed by atoms with Crippen molar-refractivity contribution in [2.24, 2.45) is 0 Å². The van der Waals surface area contributed by atoms with E-state index in [1.807, 2.05) is 13.8 Å². The van der Waals surface area contributed by atoms with Crippen LogP contribution in [-0.4, -0.2) is 54.2 Å². The summed E-state index contributed by atoms with van der Waals surface area (Å²) in [5, 5.41) is 0. The Kier molecular flexibility index (Phi) is 8.04. The molecule has 2 rings (SSSR count). The maximum absolute atomic E-state index is 14.9. The number of rotatable bonds is 3. The van der Waals surface area contributed by atoms with E-state index in [-0.39, 0.29) is 0 Å². The molecule has 0 N–H and O–H groups in total. The van der Waals surface area contributed by atoms with Crippen LogP contribution in [0.5, 0.6) is 0 Å². The van der Waals surface area contributed by atoms with E-state index in [1.165, 1.54) is 25.7 Å². The Labute approximate surface area is 125 Å². The summed E-state index contributed by atoms with van der Waals surface area (Å²) < 4.78 is 14.9. The van der Waals surface area contributed by atoms with Crippen molar-refractivity contribution in [3.05, 3.63) is 0 Å². The highest BCUT2D eigenvalue weighted by molar-refractivity contribution is 4.90. The van der Waals surface area contributed by atoms with E-state index in [0.717, 1.165) is 39.0 Å². The zero-order valence-electron chi connectivity index (χ0n) is 14.1. The minimum absolute atomic E-state index is 0.563. The average molecular weight is 286 g/mol. The molecule has 2 aliphatic heterocycles. The molecule has 0 saturated carbocycles. The van der Waals surface area contributed by atoms with Crippen molar-refractivity contribution in [2.45, 2.75) is 77.9 Å². The van der Waals surface area contributed by atoms with Crippen molar-refractivity contribution in [1.82, 2.24) is 9.80 Å². The van der Waals surface area contributed by atoms with Gasteiger partial charge < -0.3 is 9.80 Å². The molecule has 0 aliphatic carbocycles. The summed E-state index contributed by atoms with van der Waals surface area (Å²) in [6, 6.07) is 0.563. The van der Waals surface area contributed by atoms with Gasteiger partial charge in [0.2, 0.25) is 0 Å². The van der Waals surface area contributed by atoms with Gasteiger partial charge in [0, 0.05) is 25.7 Å². The lowest BCUT2D eigenvalue weighted by atomic mass is 9.92. The lowest BCUT2D eigenvalue weighted by Crippen LogP contribution is -2.50. The van der Waals surface area contributed by atoms with Gasteiger partial charge in [-0.2, -0.15) is 0 Å². The molecule has 0 aromatic rings. The van der Waals surface area contributed by atoms with E-state index in [9.17, 15) is 4.39 Å². The lowest BCUT2D eigenvalue weighted by molar-refractivity contribution is 0.0162. The van der Waals surface area contributed by atoms with Crippen LogP contribution in [0.1, 0.15) is 66.2 Å². The molecule has 2 saturated heterocycles.